The predicted octanol–water partition coefficient (Wildman–Crippen LogP) is 3.24. The Morgan fingerprint density at radius 3 is 2.86 bits per heavy atom. The number of aryl methyl sites for hydroxylation is 1. The summed E-state index contributed by atoms with van der Waals surface area (Å²) in [7, 11) is 0. The summed E-state index contributed by atoms with van der Waals surface area (Å²) in [6.07, 6.45) is -1.71. The maximum atomic E-state index is 12.6. The van der Waals surface area contributed by atoms with E-state index in [0.29, 0.717) is 41.3 Å². The zero-order chi connectivity index (χ0) is 15.0. The fourth-order valence-corrected chi connectivity index (χ4v) is 3.19. The van der Waals surface area contributed by atoms with Gasteiger partial charge in [-0.05, 0) is 19.8 Å². The fourth-order valence-electron chi connectivity index (χ4n) is 2.37. The lowest BCUT2D eigenvalue weighted by molar-refractivity contribution is -0.134. The van der Waals surface area contributed by atoms with Gasteiger partial charge in [0.25, 0.3) is 0 Å². The van der Waals surface area contributed by atoms with Crippen molar-refractivity contribution in [3.63, 3.8) is 0 Å². The molecule has 0 N–H and O–H groups in total. The molecule has 1 aliphatic heterocycles. The number of rotatable bonds is 2. The average molecular weight is 318 g/mol. The summed E-state index contributed by atoms with van der Waals surface area (Å²) in [5.74, 6) is 1.15. The van der Waals surface area contributed by atoms with Crippen LogP contribution in [0.15, 0.2) is 10.7 Å². The van der Waals surface area contributed by atoms with Crippen LogP contribution in [0.4, 0.5) is 18.3 Å². The highest BCUT2D eigenvalue weighted by Gasteiger charge is 2.35. The van der Waals surface area contributed by atoms with Crippen molar-refractivity contribution < 1.29 is 17.7 Å². The first kappa shape index (κ1) is 14.3. The molecular weight excluding hydrogens is 305 g/mol. The molecule has 5 nitrogen and oxygen atoms in total. The smallest absolute Gasteiger partial charge is 0.347 e. The number of halogens is 3. The first-order valence-electron chi connectivity index (χ1n) is 6.51. The van der Waals surface area contributed by atoms with Gasteiger partial charge in [0.05, 0.1) is 12.1 Å². The minimum Gasteiger partial charge on any atom is -0.347 e. The molecule has 0 radical (unpaired) electrons. The largest absolute Gasteiger partial charge is 0.427 e. The number of aromatic nitrogens is 3. The van der Waals surface area contributed by atoms with Crippen molar-refractivity contribution in [2.24, 2.45) is 0 Å². The van der Waals surface area contributed by atoms with Crippen LogP contribution in [-0.4, -0.2) is 28.2 Å². The molecule has 9 heteroatoms. The third kappa shape index (κ3) is 3.02. The van der Waals surface area contributed by atoms with E-state index in [-0.39, 0.29) is 5.92 Å². The van der Waals surface area contributed by atoms with Gasteiger partial charge in [-0.25, -0.2) is 4.98 Å². The topological polar surface area (TPSA) is 55.1 Å². The van der Waals surface area contributed by atoms with Crippen LogP contribution < -0.4 is 4.90 Å². The predicted molar refractivity (Wildman–Crippen MR) is 70.3 cm³/mol. The molecule has 2 aromatic heterocycles. The third-order valence-electron chi connectivity index (χ3n) is 3.36. The molecular formula is C12H13F3N4OS. The van der Waals surface area contributed by atoms with Crippen LogP contribution in [0.2, 0.25) is 0 Å². The van der Waals surface area contributed by atoms with Crippen LogP contribution in [0, 0.1) is 6.92 Å². The zero-order valence-electron chi connectivity index (χ0n) is 11.2. The van der Waals surface area contributed by atoms with Crippen LogP contribution in [0.5, 0.6) is 0 Å². The Balaban J connectivity index is 1.75. The summed E-state index contributed by atoms with van der Waals surface area (Å²) in [6.45, 7) is 2.98. The van der Waals surface area contributed by atoms with Crippen LogP contribution in [0.1, 0.15) is 35.4 Å². The first-order valence-corrected chi connectivity index (χ1v) is 7.33. The Morgan fingerprint density at radius 1 is 1.43 bits per heavy atom. The van der Waals surface area contributed by atoms with Gasteiger partial charge in [0.15, 0.2) is 11.0 Å². The molecule has 0 amide bonds. The summed E-state index contributed by atoms with van der Waals surface area (Å²) >= 11 is 0.672. The van der Waals surface area contributed by atoms with E-state index in [4.69, 9.17) is 4.52 Å². The van der Waals surface area contributed by atoms with Crippen molar-refractivity contribution in [2.75, 3.05) is 18.0 Å². The van der Waals surface area contributed by atoms with Crippen molar-refractivity contribution in [3.8, 4) is 0 Å². The highest BCUT2D eigenvalue weighted by atomic mass is 32.1. The molecule has 0 aromatic carbocycles. The van der Waals surface area contributed by atoms with Crippen molar-refractivity contribution in [2.45, 2.75) is 31.9 Å². The van der Waals surface area contributed by atoms with E-state index < -0.39 is 11.1 Å². The van der Waals surface area contributed by atoms with Crippen molar-refractivity contribution in [3.05, 3.63) is 22.8 Å². The van der Waals surface area contributed by atoms with Gasteiger partial charge < -0.3 is 9.42 Å². The van der Waals surface area contributed by atoms with E-state index in [9.17, 15) is 13.2 Å². The molecule has 0 aliphatic carbocycles. The number of hydrogen-bond acceptors (Lipinski definition) is 6. The monoisotopic (exact) mass is 318 g/mol. The van der Waals surface area contributed by atoms with Crippen molar-refractivity contribution in [1.29, 1.82) is 0 Å². The second kappa shape index (κ2) is 5.28. The van der Waals surface area contributed by atoms with E-state index >= 15 is 0 Å². The van der Waals surface area contributed by atoms with Gasteiger partial charge in [0.1, 0.15) is 4.88 Å². The van der Waals surface area contributed by atoms with Gasteiger partial charge in [-0.15, -0.1) is 0 Å². The molecule has 3 heterocycles. The molecule has 0 spiro atoms. The summed E-state index contributed by atoms with van der Waals surface area (Å²) < 4.78 is 43.1. The highest BCUT2D eigenvalue weighted by molar-refractivity contribution is 7.15. The SMILES string of the molecule is Cc1noc(C2CCCN(c3ncc(C(F)(F)F)s3)C2)n1. The second-order valence-corrected chi connectivity index (χ2v) is 5.98. The molecule has 3 rings (SSSR count). The standard InChI is InChI=1S/C12H13F3N4OS/c1-7-17-10(20-18-7)8-3-2-4-19(6-8)11-16-5-9(21-11)12(13,14)15/h5,8H,2-4,6H2,1H3. The van der Waals surface area contributed by atoms with E-state index in [1.165, 1.54) is 0 Å². The van der Waals surface area contributed by atoms with E-state index in [0.717, 1.165) is 19.0 Å². The van der Waals surface area contributed by atoms with Crippen LogP contribution >= 0.6 is 11.3 Å². The summed E-state index contributed by atoms with van der Waals surface area (Å²) in [5, 5.41) is 4.15. The van der Waals surface area contributed by atoms with Gasteiger partial charge in [-0.2, -0.15) is 18.2 Å². The molecule has 0 bridgehead atoms. The van der Waals surface area contributed by atoms with Gasteiger partial charge in [-0.1, -0.05) is 16.5 Å². The van der Waals surface area contributed by atoms with E-state index in [2.05, 4.69) is 15.1 Å². The Bertz CT molecular complexity index is 624. The Labute approximate surface area is 122 Å². The molecule has 1 saturated heterocycles. The molecule has 1 atom stereocenters. The summed E-state index contributed by atoms with van der Waals surface area (Å²) in [4.78, 5) is 9.28. The molecule has 114 valence electrons. The summed E-state index contributed by atoms with van der Waals surface area (Å²) in [5.41, 5.74) is 0. The second-order valence-electron chi connectivity index (χ2n) is 4.97. The quantitative estimate of drug-likeness (QED) is 0.851. The molecule has 1 fully saturated rings. The van der Waals surface area contributed by atoms with E-state index in [1.54, 1.807) is 6.92 Å². The van der Waals surface area contributed by atoms with Crippen LogP contribution in [0.3, 0.4) is 0 Å². The average Bonchev–Trinajstić information content (AvgIpc) is 3.07. The highest BCUT2D eigenvalue weighted by Crippen LogP contribution is 2.38. The van der Waals surface area contributed by atoms with Gasteiger partial charge in [0.2, 0.25) is 5.89 Å². The maximum Gasteiger partial charge on any atom is 0.427 e. The van der Waals surface area contributed by atoms with Crippen molar-refractivity contribution >= 4 is 16.5 Å². The number of thiazole rings is 1. The van der Waals surface area contributed by atoms with Crippen molar-refractivity contribution in [1.82, 2.24) is 15.1 Å². The Kier molecular flexibility index (Phi) is 3.60. The lowest BCUT2D eigenvalue weighted by atomic mass is 9.98. The van der Waals surface area contributed by atoms with Crippen LogP contribution in [0.25, 0.3) is 0 Å². The van der Waals surface area contributed by atoms with Gasteiger partial charge in [0, 0.05) is 13.1 Å². The van der Waals surface area contributed by atoms with Gasteiger partial charge >= 0.3 is 6.18 Å². The number of anilines is 1. The Hall–Kier alpha value is -1.64. The number of hydrogen-bond donors (Lipinski definition) is 0. The minimum absolute atomic E-state index is 0.0400. The zero-order valence-corrected chi connectivity index (χ0v) is 12.0. The van der Waals surface area contributed by atoms with Gasteiger partial charge in [-0.3, -0.25) is 0 Å². The third-order valence-corrected chi connectivity index (χ3v) is 4.46. The fraction of sp³-hybridized carbons (Fsp3) is 0.583. The molecule has 1 aliphatic rings. The molecule has 1 unspecified atom stereocenters. The molecule has 2 aromatic rings. The molecule has 0 saturated carbocycles. The molecule has 21 heavy (non-hydrogen) atoms. The normalized spacial score (nSPS) is 20.0. The lowest BCUT2D eigenvalue weighted by Crippen LogP contribution is -2.34. The van der Waals surface area contributed by atoms with E-state index in [1.807, 2.05) is 4.90 Å². The summed E-state index contributed by atoms with van der Waals surface area (Å²) in [6, 6.07) is 0. The first-order chi connectivity index (χ1) is 9.93. The number of alkyl halides is 3. The number of nitrogens with zero attached hydrogens (tertiary/aromatic N) is 4. The maximum absolute atomic E-state index is 12.6. The lowest BCUT2D eigenvalue weighted by Gasteiger charge is -2.30. The van der Waals surface area contributed by atoms with Crippen LogP contribution in [-0.2, 0) is 6.18 Å². The minimum atomic E-state index is -4.34. The Morgan fingerprint density at radius 2 is 2.24 bits per heavy atom. The number of piperidine rings is 1.